The normalized spacial score (nSPS) is 19.6. The molecule has 0 bridgehead atoms. The van der Waals surface area contributed by atoms with Crippen LogP contribution in [0.25, 0.3) is 11.1 Å². The molecule has 1 saturated heterocycles. The fourth-order valence-corrected chi connectivity index (χ4v) is 3.57. The van der Waals surface area contributed by atoms with Crippen molar-refractivity contribution in [3.63, 3.8) is 0 Å². The fraction of sp³-hybridized carbons (Fsp3) is 0.286. The van der Waals surface area contributed by atoms with Gasteiger partial charge in [-0.2, -0.15) is 0 Å². The lowest BCUT2D eigenvalue weighted by atomic mass is 10.0. The van der Waals surface area contributed by atoms with Gasteiger partial charge < -0.3 is 20.1 Å². The van der Waals surface area contributed by atoms with Crippen molar-refractivity contribution in [3.05, 3.63) is 48.0 Å². The van der Waals surface area contributed by atoms with Crippen LogP contribution in [0.2, 0.25) is 0 Å². The topological polar surface area (TPSA) is 106 Å². The van der Waals surface area contributed by atoms with Crippen LogP contribution in [0.1, 0.15) is 12.0 Å². The average Bonchev–Trinajstić information content (AvgIpc) is 3.26. The van der Waals surface area contributed by atoms with Gasteiger partial charge in [-0.15, -0.1) is 13.2 Å². The Balaban J connectivity index is 1.35. The van der Waals surface area contributed by atoms with Crippen LogP contribution in [0.5, 0.6) is 11.5 Å². The average molecular weight is 449 g/mol. The van der Waals surface area contributed by atoms with Crippen LogP contribution in [0.15, 0.2) is 42.5 Å². The Morgan fingerprint density at radius 3 is 2.66 bits per heavy atom. The van der Waals surface area contributed by atoms with Crippen molar-refractivity contribution < 1.29 is 37.0 Å². The van der Waals surface area contributed by atoms with Crippen LogP contribution in [0, 0.1) is 0 Å². The van der Waals surface area contributed by atoms with E-state index in [9.17, 15) is 27.6 Å². The monoisotopic (exact) mass is 449 g/mol. The Morgan fingerprint density at radius 2 is 1.94 bits per heavy atom. The van der Waals surface area contributed by atoms with E-state index in [1.54, 1.807) is 18.2 Å². The lowest BCUT2D eigenvalue weighted by Gasteiger charge is -2.13. The van der Waals surface area contributed by atoms with Crippen LogP contribution in [0.3, 0.4) is 0 Å². The third-order valence-electron chi connectivity index (χ3n) is 4.98. The molecular formula is C21H18F3N3O5. The predicted octanol–water partition coefficient (Wildman–Crippen LogP) is 2.27. The first kappa shape index (κ1) is 21.5. The highest BCUT2D eigenvalue weighted by Gasteiger charge is 2.32. The fourth-order valence-electron chi connectivity index (χ4n) is 3.57. The van der Waals surface area contributed by atoms with E-state index in [1.165, 1.54) is 18.2 Å². The van der Waals surface area contributed by atoms with Gasteiger partial charge in [0.2, 0.25) is 5.91 Å². The molecule has 2 unspecified atom stereocenters. The van der Waals surface area contributed by atoms with Crippen LogP contribution in [-0.2, 0) is 16.0 Å². The molecule has 0 spiro atoms. The summed E-state index contributed by atoms with van der Waals surface area (Å²) in [6, 6.07) is 9.44. The summed E-state index contributed by atoms with van der Waals surface area (Å²) in [6.45, 7) is 0.194. The van der Waals surface area contributed by atoms with E-state index in [4.69, 9.17) is 4.74 Å². The second-order valence-electron chi connectivity index (χ2n) is 7.37. The summed E-state index contributed by atoms with van der Waals surface area (Å²) in [5, 5.41) is 7.09. The van der Waals surface area contributed by atoms with E-state index < -0.39 is 30.2 Å². The van der Waals surface area contributed by atoms with Gasteiger partial charge in [0.15, 0.2) is 0 Å². The second-order valence-corrected chi connectivity index (χ2v) is 7.37. The minimum atomic E-state index is -4.77. The molecule has 2 aromatic rings. The third kappa shape index (κ3) is 5.10. The number of benzene rings is 2. The number of alkyl halides is 3. The van der Waals surface area contributed by atoms with Crippen molar-refractivity contribution in [2.75, 3.05) is 6.54 Å². The lowest BCUT2D eigenvalue weighted by Crippen LogP contribution is -2.39. The molecule has 2 aromatic carbocycles. The highest BCUT2D eigenvalue weighted by atomic mass is 19.4. The molecule has 0 aliphatic carbocycles. The van der Waals surface area contributed by atoms with E-state index in [0.717, 1.165) is 5.56 Å². The standard InChI is InChI=1S/C21H18F3N3O5/c22-21(23,24)32-14-3-1-2-11(7-14)12-4-5-17-13(6-12)8-15(31-17)10-25-18(28)9-16-19(29)27-20(30)26-16/h1-7,15-16H,8-10H2,(H,25,28)(H2,26,27,29,30). The van der Waals surface area contributed by atoms with Gasteiger partial charge in [0, 0.05) is 6.42 Å². The molecule has 2 aliphatic rings. The van der Waals surface area contributed by atoms with Gasteiger partial charge in [0.25, 0.3) is 5.91 Å². The Labute approximate surface area is 180 Å². The minimum absolute atomic E-state index is 0.183. The summed E-state index contributed by atoms with van der Waals surface area (Å²) in [6.07, 6.45) is -4.80. The zero-order valence-electron chi connectivity index (χ0n) is 16.5. The van der Waals surface area contributed by atoms with Gasteiger partial charge >= 0.3 is 12.4 Å². The number of carbonyl (C=O) groups is 3. The number of ether oxygens (including phenoxy) is 2. The minimum Gasteiger partial charge on any atom is -0.488 e. The van der Waals surface area contributed by atoms with E-state index in [1.807, 2.05) is 6.07 Å². The quantitative estimate of drug-likeness (QED) is 0.587. The van der Waals surface area contributed by atoms with Crippen LogP contribution in [0.4, 0.5) is 18.0 Å². The molecule has 2 atom stereocenters. The number of carbonyl (C=O) groups excluding carboxylic acids is 3. The zero-order valence-corrected chi connectivity index (χ0v) is 16.5. The van der Waals surface area contributed by atoms with E-state index in [-0.39, 0.29) is 24.8 Å². The Bertz CT molecular complexity index is 1070. The molecule has 8 nitrogen and oxygen atoms in total. The molecule has 0 aromatic heterocycles. The number of hydrogen-bond acceptors (Lipinski definition) is 5. The van der Waals surface area contributed by atoms with Gasteiger partial charge in [-0.05, 0) is 41.0 Å². The van der Waals surface area contributed by atoms with E-state index in [0.29, 0.717) is 23.3 Å². The molecule has 2 aliphatic heterocycles. The van der Waals surface area contributed by atoms with E-state index >= 15 is 0 Å². The SMILES string of the molecule is O=C(CC1NC(=O)NC1=O)NCC1Cc2cc(-c3cccc(OC(F)(F)F)c3)ccc2O1. The summed E-state index contributed by atoms with van der Waals surface area (Å²) in [5.74, 6) is -0.640. The Kier molecular flexibility index (Phi) is 5.64. The molecule has 0 saturated carbocycles. The molecule has 32 heavy (non-hydrogen) atoms. The smallest absolute Gasteiger partial charge is 0.488 e. The maximum absolute atomic E-state index is 12.5. The molecular weight excluding hydrogens is 431 g/mol. The number of rotatable bonds is 6. The maximum Gasteiger partial charge on any atom is 0.573 e. The Hall–Kier alpha value is -3.76. The van der Waals surface area contributed by atoms with Crippen molar-refractivity contribution in [1.82, 2.24) is 16.0 Å². The number of nitrogens with one attached hydrogen (secondary N) is 3. The summed E-state index contributed by atoms with van der Waals surface area (Å²) in [5.41, 5.74) is 2.11. The highest BCUT2D eigenvalue weighted by molar-refractivity contribution is 6.05. The van der Waals surface area contributed by atoms with Crippen molar-refractivity contribution in [3.8, 4) is 22.6 Å². The number of amides is 4. The van der Waals surface area contributed by atoms with Crippen molar-refractivity contribution in [2.24, 2.45) is 0 Å². The summed E-state index contributed by atoms with van der Waals surface area (Å²) >= 11 is 0. The number of fused-ring (bicyclic) bond motifs is 1. The maximum atomic E-state index is 12.5. The highest BCUT2D eigenvalue weighted by Crippen LogP contribution is 2.34. The molecule has 4 rings (SSSR count). The van der Waals surface area contributed by atoms with Gasteiger partial charge in [-0.25, -0.2) is 4.79 Å². The Morgan fingerprint density at radius 1 is 1.16 bits per heavy atom. The third-order valence-corrected chi connectivity index (χ3v) is 4.98. The zero-order chi connectivity index (χ0) is 22.9. The summed E-state index contributed by atoms with van der Waals surface area (Å²) in [4.78, 5) is 34.7. The number of halogens is 3. The first-order chi connectivity index (χ1) is 15.2. The van der Waals surface area contributed by atoms with Gasteiger partial charge in [-0.3, -0.25) is 14.9 Å². The molecule has 4 amide bonds. The molecule has 3 N–H and O–H groups in total. The number of urea groups is 1. The van der Waals surface area contributed by atoms with Crippen LogP contribution in [-0.4, -0.2) is 42.9 Å². The van der Waals surface area contributed by atoms with Crippen LogP contribution >= 0.6 is 0 Å². The van der Waals surface area contributed by atoms with Crippen molar-refractivity contribution in [2.45, 2.75) is 31.3 Å². The van der Waals surface area contributed by atoms with Gasteiger partial charge in [0.05, 0.1) is 13.0 Å². The largest absolute Gasteiger partial charge is 0.573 e. The summed E-state index contributed by atoms with van der Waals surface area (Å²) < 4.78 is 47.2. The van der Waals surface area contributed by atoms with Crippen molar-refractivity contribution in [1.29, 1.82) is 0 Å². The summed E-state index contributed by atoms with van der Waals surface area (Å²) in [7, 11) is 0. The molecule has 2 heterocycles. The number of hydrogen-bond donors (Lipinski definition) is 3. The van der Waals surface area contributed by atoms with Gasteiger partial charge in [0.1, 0.15) is 23.6 Å². The van der Waals surface area contributed by atoms with Gasteiger partial charge in [-0.1, -0.05) is 18.2 Å². The molecule has 1 fully saturated rings. The van der Waals surface area contributed by atoms with Crippen LogP contribution < -0.4 is 25.4 Å². The second kappa shape index (κ2) is 8.40. The van der Waals surface area contributed by atoms with Crippen molar-refractivity contribution >= 4 is 17.8 Å². The predicted molar refractivity (Wildman–Crippen MR) is 105 cm³/mol. The number of imide groups is 1. The molecule has 11 heteroatoms. The van der Waals surface area contributed by atoms with E-state index in [2.05, 4.69) is 20.7 Å². The first-order valence-electron chi connectivity index (χ1n) is 9.70. The molecule has 168 valence electrons. The first-order valence-corrected chi connectivity index (χ1v) is 9.70. The molecule has 0 radical (unpaired) electrons. The lowest BCUT2D eigenvalue weighted by molar-refractivity contribution is -0.274.